The van der Waals surface area contributed by atoms with Crippen LogP contribution in [0.3, 0.4) is 0 Å². The number of alkyl carbamates (subject to hydrolysis) is 1. The number of carboxylic acids is 1. The lowest BCUT2D eigenvalue weighted by Gasteiger charge is -2.13. The molecular weight excluding hydrogens is 198 g/mol. The predicted molar refractivity (Wildman–Crippen MR) is 55.7 cm³/mol. The van der Waals surface area contributed by atoms with Crippen molar-refractivity contribution in [2.45, 2.75) is 45.6 Å². The number of hydrogen-bond acceptors (Lipinski definition) is 3. The van der Waals surface area contributed by atoms with Crippen molar-refractivity contribution < 1.29 is 19.4 Å². The van der Waals surface area contributed by atoms with Gasteiger partial charge in [0.1, 0.15) is 6.04 Å². The fraction of sp³-hybridized carbons (Fsp3) is 0.800. The summed E-state index contributed by atoms with van der Waals surface area (Å²) >= 11 is 0. The van der Waals surface area contributed by atoms with Crippen LogP contribution in [-0.4, -0.2) is 29.8 Å². The maximum Gasteiger partial charge on any atom is 0.407 e. The van der Waals surface area contributed by atoms with E-state index in [1.807, 2.05) is 13.8 Å². The Labute approximate surface area is 89.8 Å². The van der Waals surface area contributed by atoms with E-state index in [2.05, 4.69) is 5.32 Å². The lowest BCUT2D eigenvalue weighted by molar-refractivity contribution is -0.139. The summed E-state index contributed by atoms with van der Waals surface area (Å²) in [5, 5.41) is 11.1. The van der Waals surface area contributed by atoms with Gasteiger partial charge in [-0.05, 0) is 12.8 Å². The van der Waals surface area contributed by atoms with Crippen LogP contribution in [0.4, 0.5) is 4.79 Å². The van der Waals surface area contributed by atoms with Crippen molar-refractivity contribution in [3.63, 3.8) is 0 Å². The quantitative estimate of drug-likeness (QED) is 0.681. The number of carbonyl (C=O) groups excluding carboxylic acids is 1. The second kappa shape index (κ2) is 8.08. The van der Waals surface area contributed by atoms with E-state index in [0.717, 1.165) is 19.3 Å². The second-order valence-corrected chi connectivity index (χ2v) is 3.31. The van der Waals surface area contributed by atoms with Gasteiger partial charge in [-0.25, -0.2) is 9.59 Å². The summed E-state index contributed by atoms with van der Waals surface area (Å²) < 4.78 is 4.74. The molecule has 1 amide bonds. The van der Waals surface area contributed by atoms with Crippen molar-refractivity contribution in [1.29, 1.82) is 0 Å². The molecule has 2 N–H and O–H groups in total. The van der Waals surface area contributed by atoms with Gasteiger partial charge >= 0.3 is 12.1 Å². The highest BCUT2D eigenvalue weighted by molar-refractivity contribution is 5.79. The molecule has 0 aliphatic carbocycles. The molecule has 0 aromatic carbocycles. The highest BCUT2D eigenvalue weighted by atomic mass is 16.5. The maximum absolute atomic E-state index is 11.1. The highest BCUT2D eigenvalue weighted by Gasteiger charge is 2.19. The number of ether oxygens (including phenoxy) is 1. The molecule has 0 spiro atoms. The van der Waals surface area contributed by atoms with E-state index >= 15 is 0 Å². The van der Waals surface area contributed by atoms with E-state index in [9.17, 15) is 9.59 Å². The number of carboxylic acid groups (broad SMARTS) is 1. The van der Waals surface area contributed by atoms with Crippen molar-refractivity contribution in [2.75, 3.05) is 6.61 Å². The third-order valence-electron chi connectivity index (χ3n) is 1.87. The molecule has 0 radical (unpaired) electrons. The Balaban J connectivity index is 3.93. The zero-order valence-electron chi connectivity index (χ0n) is 9.28. The van der Waals surface area contributed by atoms with Gasteiger partial charge in [-0.1, -0.05) is 26.7 Å². The van der Waals surface area contributed by atoms with E-state index in [1.54, 1.807) is 0 Å². The summed E-state index contributed by atoms with van der Waals surface area (Å²) in [6.45, 7) is 4.15. The first-order chi connectivity index (χ1) is 7.11. The lowest BCUT2D eigenvalue weighted by Crippen LogP contribution is -2.41. The zero-order chi connectivity index (χ0) is 11.7. The molecule has 88 valence electrons. The van der Waals surface area contributed by atoms with Crippen LogP contribution in [0.1, 0.15) is 39.5 Å². The third-order valence-corrected chi connectivity index (χ3v) is 1.87. The van der Waals surface area contributed by atoms with Gasteiger partial charge in [-0.15, -0.1) is 0 Å². The number of amides is 1. The zero-order valence-corrected chi connectivity index (χ0v) is 9.28. The summed E-state index contributed by atoms with van der Waals surface area (Å²) in [6, 6.07) is -0.839. The average molecular weight is 217 g/mol. The van der Waals surface area contributed by atoms with Crippen LogP contribution in [0.15, 0.2) is 0 Å². The first-order valence-electron chi connectivity index (χ1n) is 5.27. The number of rotatable bonds is 7. The minimum absolute atomic E-state index is 0.311. The summed E-state index contributed by atoms with van der Waals surface area (Å²) in [5.41, 5.74) is 0. The molecule has 0 saturated carbocycles. The smallest absolute Gasteiger partial charge is 0.407 e. The van der Waals surface area contributed by atoms with Gasteiger partial charge in [-0.2, -0.15) is 0 Å². The van der Waals surface area contributed by atoms with Gasteiger partial charge in [0.25, 0.3) is 0 Å². The minimum atomic E-state index is -1.02. The van der Waals surface area contributed by atoms with Crippen molar-refractivity contribution in [1.82, 2.24) is 5.32 Å². The fourth-order valence-corrected chi connectivity index (χ4v) is 1.04. The van der Waals surface area contributed by atoms with Crippen molar-refractivity contribution in [3.05, 3.63) is 0 Å². The molecule has 0 bridgehead atoms. The first kappa shape index (κ1) is 13.7. The topological polar surface area (TPSA) is 75.6 Å². The maximum atomic E-state index is 11.1. The van der Waals surface area contributed by atoms with Gasteiger partial charge in [-0.3, -0.25) is 0 Å². The van der Waals surface area contributed by atoms with Gasteiger partial charge in [0.15, 0.2) is 0 Å². The van der Waals surface area contributed by atoms with Gasteiger partial charge in [0.2, 0.25) is 0 Å². The lowest BCUT2D eigenvalue weighted by atomic mass is 10.1. The average Bonchev–Trinajstić information content (AvgIpc) is 2.20. The summed E-state index contributed by atoms with van der Waals surface area (Å²) in [5.74, 6) is -1.02. The largest absolute Gasteiger partial charge is 0.480 e. The van der Waals surface area contributed by atoms with Crippen molar-refractivity contribution in [2.24, 2.45) is 0 Å². The molecule has 0 aromatic rings. The molecule has 0 heterocycles. The molecular formula is C10H19NO4. The monoisotopic (exact) mass is 217 g/mol. The van der Waals surface area contributed by atoms with Crippen LogP contribution >= 0.6 is 0 Å². The number of unbranched alkanes of at least 4 members (excludes halogenated alkanes) is 1. The standard InChI is InChI=1S/C10H19NO4/c1-3-5-6-8(9(12)13)11-10(14)15-7-4-2/h8H,3-7H2,1-2H3,(H,11,14)(H,12,13). The molecule has 5 nitrogen and oxygen atoms in total. The minimum Gasteiger partial charge on any atom is -0.480 e. The number of hydrogen-bond donors (Lipinski definition) is 2. The Morgan fingerprint density at radius 2 is 2.00 bits per heavy atom. The number of nitrogens with one attached hydrogen (secondary N) is 1. The molecule has 1 unspecified atom stereocenters. The Bertz CT molecular complexity index is 206. The van der Waals surface area contributed by atoms with E-state index in [-0.39, 0.29) is 0 Å². The van der Waals surface area contributed by atoms with E-state index in [0.29, 0.717) is 13.0 Å². The second-order valence-electron chi connectivity index (χ2n) is 3.31. The van der Waals surface area contributed by atoms with Crippen LogP contribution in [0, 0.1) is 0 Å². The third kappa shape index (κ3) is 6.76. The van der Waals surface area contributed by atoms with Crippen LogP contribution in [-0.2, 0) is 9.53 Å². The van der Waals surface area contributed by atoms with E-state index in [1.165, 1.54) is 0 Å². The molecule has 0 aromatic heterocycles. The fourth-order valence-electron chi connectivity index (χ4n) is 1.04. The molecule has 0 saturated heterocycles. The summed E-state index contributed by atoms with van der Waals surface area (Å²) in [7, 11) is 0. The molecule has 15 heavy (non-hydrogen) atoms. The molecule has 1 atom stereocenters. The molecule has 5 heteroatoms. The molecule has 0 fully saturated rings. The van der Waals surface area contributed by atoms with Crippen molar-refractivity contribution in [3.8, 4) is 0 Å². The summed E-state index contributed by atoms with van der Waals surface area (Å²) in [4.78, 5) is 21.8. The number of aliphatic carboxylic acids is 1. The normalized spacial score (nSPS) is 11.9. The molecule has 0 aliphatic rings. The predicted octanol–water partition coefficient (Wildman–Crippen LogP) is 1.77. The Kier molecular flexibility index (Phi) is 7.40. The Morgan fingerprint density at radius 3 is 2.47 bits per heavy atom. The van der Waals surface area contributed by atoms with E-state index in [4.69, 9.17) is 9.84 Å². The molecule has 0 aliphatic heterocycles. The van der Waals surface area contributed by atoms with Crippen LogP contribution in [0.2, 0.25) is 0 Å². The summed E-state index contributed by atoms with van der Waals surface area (Å²) in [6.07, 6.45) is 2.17. The van der Waals surface area contributed by atoms with Gasteiger partial charge < -0.3 is 15.2 Å². The van der Waals surface area contributed by atoms with Gasteiger partial charge in [0.05, 0.1) is 6.61 Å². The highest BCUT2D eigenvalue weighted by Crippen LogP contribution is 2.01. The Hall–Kier alpha value is -1.26. The van der Waals surface area contributed by atoms with Crippen LogP contribution in [0.5, 0.6) is 0 Å². The first-order valence-corrected chi connectivity index (χ1v) is 5.27. The molecule has 0 rings (SSSR count). The van der Waals surface area contributed by atoms with Gasteiger partial charge in [0, 0.05) is 0 Å². The van der Waals surface area contributed by atoms with Crippen molar-refractivity contribution >= 4 is 12.1 Å². The Morgan fingerprint density at radius 1 is 1.33 bits per heavy atom. The van der Waals surface area contributed by atoms with E-state index < -0.39 is 18.1 Å². The SMILES string of the molecule is CCCCC(NC(=O)OCCC)C(=O)O. The van der Waals surface area contributed by atoms with Crippen LogP contribution in [0.25, 0.3) is 0 Å². The number of carbonyl (C=O) groups is 2. The van der Waals surface area contributed by atoms with Crippen LogP contribution < -0.4 is 5.32 Å².